The van der Waals surface area contributed by atoms with Crippen molar-refractivity contribution in [3.8, 4) is 0 Å². The van der Waals surface area contributed by atoms with Gasteiger partial charge in [-0.25, -0.2) is 0 Å². The van der Waals surface area contributed by atoms with Crippen LogP contribution in [0.5, 0.6) is 0 Å². The Hall–Kier alpha value is -1.08. The molecule has 1 amide bonds. The minimum absolute atomic E-state index is 0.0353. The van der Waals surface area contributed by atoms with Crippen molar-refractivity contribution in [2.24, 2.45) is 0 Å². The summed E-state index contributed by atoms with van der Waals surface area (Å²) in [4.78, 5) is 13.8. The van der Waals surface area contributed by atoms with Crippen LogP contribution < -0.4 is 5.32 Å². The lowest BCUT2D eigenvalue weighted by molar-refractivity contribution is 0.0730. The van der Waals surface area contributed by atoms with E-state index in [1.807, 2.05) is 0 Å². The second-order valence-electron chi connectivity index (χ2n) is 3.63. The van der Waals surface area contributed by atoms with E-state index in [4.69, 9.17) is 0 Å². The first-order valence-corrected chi connectivity index (χ1v) is 5.95. The number of carbonyl (C=O) groups excluding carboxylic acids is 1. The van der Waals surface area contributed by atoms with Crippen LogP contribution in [0.2, 0.25) is 0 Å². The van der Waals surface area contributed by atoms with Crippen molar-refractivity contribution < 1.29 is 4.79 Å². The van der Waals surface area contributed by atoms with Gasteiger partial charge in [-0.3, -0.25) is 9.48 Å². The summed E-state index contributed by atoms with van der Waals surface area (Å²) >= 11 is 4.10. The van der Waals surface area contributed by atoms with Crippen LogP contribution in [-0.4, -0.2) is 57.7 Å². The first-order valence-electron chi connectivity index (χ1n) is 5.32. The molecule has 1 fully saturated rings. The third-order valence-corrected chi connectivity index (χ3v) is 2.69. The van der Waals surface area contributed by atoms with E-state index in [-0.39, 0.29) is 5.91 Å². The zero-order valence-electron chi connectivity index (χ0n) is 8.96. The fourth-order valence-corrected chi connectivity index (χ4v) is 1.84. The number of thiol groups is 1. The number of nitrogens with zero attached hydrogens (tertiary/aromatic N) is 4. The highest BCUT2D eigenvalue weighted by molar-refractivity contribution is 7.80. The van der Waals surface area contributed by atoms with E-state index >= 15 is 0 Å². The largest absolute Gasteiger partial charge is 0.335 e. The van der Waals surface area contributed by atoms with Gasteiger partial charge >= 0.3 is 0 Å². The van der Waals surface area contributed by atoms with E-state index in [0.717, 1.165) is 26.2 Å². The van der Waals surface area contributed by atoms with Gasteiger partial charge < -0.3 is 10.2 Å². The molecule has 1 aliphatic heterocycles. The van der Waals surface area contributed by atoms with Gasteiger partial charge in [0.15, 0.2) is 5.69 Å². The minimum Gasteiger partial charge on any atom is -0.335 e. The second-order valence-corrected chi connectivity index (χ2v) is 4.08. The van der Waals surface area contributed by atoms with Crippen LogP contribution in [-0.2, 0) is 6.54 Å². The highest BCUT2D eigenvalue weighted by atomic mass is 32.1. The quantitative estimate of drug-likeness (QED) is 0.684. The molecule has 0 bridgehead atoms. The second kappa shape index (κ2) is 5.31. The molecule has 0 spiro atoms. The Bertz CT molecular complexity index is 361. The van der Waals surface area contributed by atoms with Crippen LogP contribution in [0.4, 0.5) is 0 Å². The molecule has 2 heterocycles. The van der Waals surface area contributed by atoms with Crippen LogP contribution in [0.15, 0.2) is 6.20 Å². The standard InChI is InChI=1S/C9H15N5OS/c15-9(13-3-1-10-2-4-13)8-7-14(5-6-16)12-11-8/h7,10,16H,1-6H2. The number of aromatic nitrogens is 3. The molecule has 0 atom stereocenters. The third-order valence-electron chi connectivity index (χ3n) is 2.49. The Morgan fingerprint density at radius 1 is 1.50 bits per heavy atom. The van der Waals surface area contributed by atoms with Crippen molar-refractivity contribution in [3.63, 3.8) is 0 Å². The average Bonchev–Trinajstić information content (AvgIpc) is 2.78. The molecule has 88 valence electrons. The van der Waals surface area contributed by atoms with Crippen molar-refractivity contribution in [1.82, 2.24) is 25.2 Å². The zero-order chi connectivity index (χ0) is 11.4. The van der Waals surface area contributed by atoms with E-state index in [2.05, 4.69) is 28.3 Å². The van der Waals surface area contributed by atoms with E-state index in [0.29, 0.717) is 18.0 Å². The van der Waals surface area contributed by atoms with Gasteiger partial charge in [0.1, 0.15) is 0 Å². The summed E-state index contributed by atoms with van der Waals surface area (Å²) in [6.07, 6.45) is 1.68. The summed E-state index contributed by atoms with van der Waals surface area (Å²) in [5.41, 5.74) is 0.420. The first-order chi connectivity index (χ1) is 7.81. The van der Waals surface area contributed by atoms with E-state index in [1.54, 1.807) is 15.8 Å². The molecular formula is C9H15N5OS. The molecule has 1 aliphatic rings. The monoisotopic (exact) mass is 241 g/mol. The van der Waals surface area contributed by atoms with Gasteiger partial charge in [0.2, 0.25) is 0 Å². The number of piperazine rings is 1. The van der Waals surface area contributed by atoms with Crippen molar-refractivity contribution in [2.75, 3.05) is 31.9 Å². The summed E-state index contributed by atoms with van der Waals surface area (Å²) < 4.78 is 1.64. The summed E-state index contributed by atoms with van der Waals surface area (Å²) in [6.45, 7) is 3.83. The Morgan fingerprint density at radius 2 is 2.25 bits per heavy atom. The van der Waals surface area contributed by atoms with Gasteiger partial charge in [-0.2, -0.15) is 12.6 Å². The van der Waals surface area contributed by atoms with Crippen LogP contribution in [0.1, 0.15) is 10.5 Å². The van der Waals surface area contributed by atoms with E-state index in [9.17, 15) is 4.79 Å². The molecule has 0 saturated carbocycles. The molecule has 1 aromatic rings. The topological polar surface area (TPSA) is 63.1 Å². The third kappa shape index (κ3) is 2.53. The van der Waals surface area contributed by atoms with Crippen LogP contribution >= 0.6 is 12.6 Å². The molecule has 7 heteroatoms. The SMILES string of the molecule is O=C(c1cn(CCS)nn1)N1CCNCC1. The van der Waals surface area contributed by atoms with Crippen LogP contribution in [0, 0.1) is 0 Å². The fraction of sp³-hybridized carbons (Fsp3) is 0.667. The van der Waals surface area contributed by atoms with Crippen molar-refractivity contribution in [2.45, 2.75) is 6.54 Å². The maximum absolute atomic E-state index is 12.0. The zero-order valence-corrected chi connectivity index (χ0v) is 9.86. The summed E-state index contributed by atoms with van der Waals surface area (Å²) in [6, 6.07) is 0. The van der Waals surface area contributed by atoms with Crippen LogP contribution in [0.25, 0.3) is 0 Å². The number of hydrogen-bond acceptors (Lipinski definition) is 5. The maximum Gasteiger partial charge on any atom is 0.276 e. The number of aryl methyl sites for hydroxylation is 1. The normalized spacial score (nSPS) is 16.4. The molecule has 2 rings (SSSR count). The minimum atomic E-state index is -0.0353. The Morgan fingerprint density at radius 3 is 2.94 bits per heavy atom. The number of hydrogen-bond donors (Lipinski definition) is 2. The van der Waals surface area contributed by atoms with Crippen molar-refractivity contribution >= 4 is 18.5 Å². The highest BCUT2D eigenvalue weighted by Crippen LogP contribution is 2.02. The van der Waals surface area contributed by atoms with Gasteiger partial charge in [0.25, 0.3) is 5.91 Å². The van der Waals surface area contributed by atoms with Gasteiger partial charge in [-0.05, 0) is 0 Å². The number of carbonyl (C=O) groups is 1. The molecule has 0 radical (unpaired) electrons. The van der Waals surface area contributed by atoms with Crippen molar-refractivity contribution in [3.05, 3.63) is 11.9 Å². The lowest BCUT2D eigenvalue weighted by Crippen LogP contribution is -2.46. The first kappa shape index (κ1) is 11.4. The van der Waals surface area contributed by atoms with E-state index < -0.39 is 0 Å². The van der Waals surface area contributed by atoms with E-state index in [1.165, 1.54) is 0 Å². The predicted molar refractivity (Wildman–Crippen MR) is 62.6 cm³/mol. The summed E-state index contributed by atoms with van der Waals surface area (Å²) in [5.74, 6) is 0.650. The molecule has 1 aromatic heterocycles. The maximum atomic E-state index is 12.0. The molecule has 1 saturated heterocycles. The molecule has 0 aliphatic carbocycles. The Labute approximate surface area is 99.4 Å². The lowest BCUT2D eigenvalue weighted by Gasteiger charge is -2.26. The smallest absolute Gasteiger partial charge is 0.276 e. The molecule has 16 heavy (non-hydrogen) atoms. The molecule has 0 unspecified atom stereocenters. The highest BCUT2D eigenvalue weighted by Gasteiger charge is 2.20. The van der Waals surface area contributed by atoms with Crippen molar-refractivity contribution in [1.29, 1.82) is 0 Å². The van der Waals surface area contributed by atoms with Crippen LogP contribution in [0.3, 0.4) is 0 Å². The molecular weight excluding hydrogens is 226 g/mol. The summed E-state index contributed by atoms with van der Waals surface area (Å²) in [7, 11) is 0. The Balaban J connectivity index is 2.01. The van der Waals surface area contributed by atoms with Gasteiger partial charge in [0.05, 0.1) is 12.7 Å². The number of nitrogens with one attached hydrogen (secondary N) is 1. The summed E-state index contributed by atoms with van der Waals surface area (Å²) in [5, 5.41) is 11.0. The predicted octanol–water partition coefficient (Wildman–Crippen LogP) is -0.747. The Kier molecular flexibility index (Phi) is 3.79. The fourth-order valence-electron chi connectivity index (χ4n) is 1.64. The lowest BCUT2D eigenvalue weighted by atomic mass is 10.3. The molecule has 1 N–H and O–H groups in total. The van der Waals surface area contributed by atoms with Gasteiger partial charge in [-0.1, -0.05) is 5.21 Å². The molecule has 0 aromatic carbocycles. The van der Waals surface area contributed by atoms with Gasteiger partial charge in [-0.15, -0.1) is 5.10 Å². The molecule has 6 nitrogen and oxygen atoms in total. The van der Waals surface area contributed by atoms with Gasteiger partial charge in [0, 0.05) is 31.9 Å². The number of rotatable bonds is 3. The number of amides is 1. The average molecular weight is 241 g/mol.